The molecule has 8 nitrogen and oxygen atoms in total. The molecule has 0 fully saturated rings. The molecule has 0 spiro atoms. The molecule has 8 heteroatoms. The van der Waals surface area contributed by atoms with Gasteiger partial charge in [-0.1, -0.05) is 130 Å². The van der Waals surface area contributed by atoms with Crippen LogP contribution in [0.3, 0.4) is 0 Å². The average molecular weight is 588 g/mol. The zero-order valence-electron chi connectivity index (χ0n) is 27.0. The van der Waals surface area contributed by atoms with E-state index in [0.717, 1.165) is 25.8 Å². The molecule has 0 aliphatic heterocycles. The van der Waals surface area contributed by atoms with Crippen molar-refractivity contribution in [3.8, 4) is 0 Å². The first-order chi connectivity index (χ1) is 19.9. The molecule has 0 aromatic carbocycles. The molecule has 0 atom stereocenters. The van der Waals surface area contributed by atoms with Gasteiger partial charge in [-0.15, -0.1) is 0 Å². The summed E-state index contributed by atoms with van der Waals surface area (Å²) in [5, 5.41) is 14.8. The largest absolute Gasteiger partial charge is 0.473 e. The van der Waals surface area contributed by atoms with E-state index in [1.807, 2.05) is 0 Å². The first-order valence-corrected chi connectivity index (χ1v) is 16.9. The third kappa shape index (κ3) is 36.3. The van der Waals surface area contributed by atoms with Gasteiger partial charge >= 0.3 is 17.9 Å². The monoisotopic (exact) mass is 587 g/mol. The number of carbonyl (C=O) groups excluding carboxylic acids is 1. The molecule has 0 saturated carbocycles. The fourth-order valence-corrected chi connectivity index (χ4v) is 4.56. The normalized spacial score (nSPS) is 10.8. The number of rotatable bonds is 29. The van der Waals surface area contributed by atoms with Crippen LogP contribution in [0.5, 0.6) is 0 Å². The Balaban J connectivity index is 0. The summed E-state index contributed by atoms with van der Waals surface area (Å²) in [5.41, 5.74) is 0. The molecular formula is C33H65NO7. The van der Waals surface area contributed by atoms with E-state index in [1.54, 1.807) is 0 Å². The van der Waals surface area contributed by atoms with E-state index in [-0.39, 0.29) is 5.97 Å². The van der Waals surface area contributed by atoms with Crippen molar-refractivity contribution in [2.24, 2.45) is 0 Å². The fraction of sp³-hybridized carbons (Fsp3) is 0.909. The highest BCUT2D eigenvalue weighted by molar-refractivity contribution is 6.27. The molecule has 41 heavy (non-hydrogen) atoms. The van der Waals surface area contributed by atoms with Gasteiger partial charge < -0.3 is 15.1 Å². The number of aliphatic carboxylic acids is 2. The van der Waals surface area contributed by atoms with Crippen LogP contribution in [0.4, 0.5) is 0 Å². The third-order valence-corrected chi connectivity index (χ3v) is 7.18. The second-order valence-corrected chi connectivity index (χ2v) is 11.2. The summed E-state index contributed by atoms with van der Waals surface area (Å²) in [6, 6.07) is 0. The lowest BCUT2D eigenvalue weighted by molar-refractivity contribution is -0.272. The molecule has 2 N–H and O–H groups in total. The van der Waals surface area contributed by atoms with Gasteiger partial charge in [0, 0.05) is 6.42 Å². The second kappa shape index (κ2) is 34.5. The Hall–Kier alpha value is -1.67. The van der Waals surface area contributed by atoms with Crippen LogP contribution in [0.2, 0.25) is 0 Å². The lowest BCUT2D eigenvalue weighted by Crippen LogP contribution is -2.27. The molecule has 0 radical (unpaired) electrons. The highest BCUT2D eigenvalue weighted by atomic mass is 17.2. The van der Waals surface area contributed by atoms with Gasteiger partial charge in [-0.05, 0) is 51.7 Å². The standard InChI is InChI=1S/C31H63NO3.C2H2O4/c1-4-7-10-11-12-13-14-15-16-17-18-19-20-21-22-25-30-34-35-31(33)26-23-24-29-32(27-8-5-2)28-9-6-3;3-1(4)2(5)6/h4-30H2,1-3H3;(H,3,4)(H,5,6). The molecule has 0 aromatic rings. The summed E-state index contributed by atoms with van der Waals surface area (Å²) in [5.74, 6) is -3.86. The van der Waals surface area contributed by atoms with Gasteiger partial charge in [0.2, 0.25) is 0 Å². The maximum absolute atomic E-state index is 11.8. The van der Waals surface area contributed by atoms with Gasteiger partial charge in [0.05, 0.1) is 6.61 Å². The van der Waals surface area contributed by atoms with E-state index in [2.05, 4.69) is 25.7 Å². The highest BCUT2D eigenvalue weighted by Gasteiger charge is 2.07. The van der Waals surface area contributed by atoms with E-state index >= 15 is 0 Å². The van der Waals surface area contributed by atoms with Crippen LogP contribution in [-0.2, 0) is 24.2 Å². The topological polar surface area (TPSA) is 113 Å². The van der Waals surface area contributed by atoms with Gasteiger partial charge in [0.1, 0.15) is 0 Å². The van der Waals surface area contributed by atoms with Gasteiger partial charge in [0.25, 0.3) is 0 Å². The lowest BCUT2D eigenvalue weighted by atomic mass is 10.0. The Labute approximate surface area is 251 Å². The van der Waals surface area contributed by atoms with Crippen LogP contribution in [-0.4, -0.2) is 59.3 Å². The SMILES string of the molecule is CCCCCCCCCCCCCCCCCCOOC(=O)CCCCN(CCCC)CCCC.O=C(O)C(=O)O. The molecule has 0 aliphatic carbocycles. The molecule has 0 aromatic heterocycles. The molecule has 0 rings (SSSR count). The van der Waals surface area contributed by atoms with Crippen LogP contribution < -0.4 is 0 Å². The first kappa shape index (κ1) is 41.5. The number of hydrogen-bond donors (Lipinski definition) is 2. The van der Waals surface area contributed by atoms with Gasteiger partial charge in [-0.2, -0.15) is 4.89 Å². The average Bonchev–Trinajstić information content (AvgIpc) is 2.95. The molecular weight excluding hydrogens is 522 g/mol. The highest BCUT2D eigenvalue weighted by Crippen LogP contribution is 2.14. The first-order valence-electron chi connectivity index (χ1n) is 16.9. The van der Waals surface area contributed by atoms with Crippen molar-refractivity contribution in [3.63, 3.8) is 0 Å². The maximum Gasteiger partial charge on any atom is 0.414 e. The predicted molar refractivity (Wildman–Crippen MR) is 167 cm³/mol. The van der Waals surface area contributed by atoms with Crippen molar-refractivity contribution in [2.45, 2.75) is 168 Å². The quantitative estimate of drug-likeness (QED) is 0.0386. The van der Waals surface area contributed by atoms with Crippen molar-refractivity contribution in [2.75, 3.05) is 26.2 Å². The zero-order valence-corrected chi connectivity index (χ0v) is 27.0. The molecule has 0 amide bonds. The summed E-state index contributed by atoms with van der Waals surface area (Å²) in [6.45, 7) is 10.8. The molecule has 0 unspecified atom stereocenters. The van der Waals surface area contributed by atoms with Crippen molar-refractivity contribution in [3.05, 3.63) is 0 Å². The smallest absolute Gasteiger partial charge is 0.414 e. The summed E-state index contributed by atoms with van der Waals surface area (Å²) >= 11 is 0. The Morgan fingerprint density at radius 3 is 1.24 bits per heavy atom. The van der Waals surface area contributed by atoms with E-state index in [9.17, 15) is 4.79 Å². The Morgan fingerprint density at radius 1 is 0.488 bits per heavy atom. The second-order valence-electron chi connectivity index (χ2n) is 11.2. The molecule has 0 heterocycles. The molecule has 244 valence electrons. The number of nitrogens with zero attached hydrogens (tertiary/aromatic N) is 1. The molecule has 0 aliphatic rings. The molecule has 0 bridgehead atoms. The minimum Gasteiger partial charge on any atom is -0.473 e. The van der Waals surface area contributed by atoms with Crippen molar-refractivity contribution >= 4 is 17.9 Å². The van der Waals surface area contributed by atoms with Crippen molar-refractivity contribution < 1.29 is 34.4 Å². The van der Waals surface area contributed by atoms with Crippen LogP contribution in [0.1, 0.15) is 168 Å². The summed E-state index contributed by atoms with van der Waals surface area (Å²) < 4.78 is 0. The minimum absolute atomic E-state index is 0.213. The van der Waals surface area contributed by atoms with E-state index in [4.69, 9.17) is 29.6 Å². The van der Waals surface area contributed by atoms with Crippen molar-refractivity contribution in [1.29, 1.82) is 0 Å². The molecule has 0 saturated heterocycles. The van der Waals surface area contributed by atoms with Crippen LogP contribution in [0.15, 0.2) is 0 Å². The maximum atomic E-state index is 11.8. The number of hydrogen-bond acceptors (Lipinski definition) is 6. The van der Waals surface area contributed by atoms with Gasteiger partial charge in [-0.3, -0.25) is 4.89 Å². The zero-order chi connectivity index (χ0) is 30.8. The van der Waals surface area contributed by atoms with Crippen LogP contribution in [0.25, 0.3) is 0 Å². The fourth-order valence-electron chi connectivity index (χ4n) is 4.56. The Morgan fingerprint density at radius 2 is 0.854 bits per heavy atom. The van der Waals surface area contributed by atoms with Crippen molar-refractivity contribution in [1.82, 2.24) is 4.90 Å². The number of carboxylic acids is 2. The predicted octanol–water partition coefficient (Wildman–Crippen LogP) is 8.95. The summed E-state index contributed by atoms with van der Waals surface area (Å²) in [7, 11) is 0. The minimum atomic E-state index is -1.82. The Bertz CT molecular complexity index is 566. The lowest BCUT2D eigenvalue weighted by Gasteiger charge is -2.21. The van der Waals surface area contributed by atoms with E-state index < -0.39 is 11.9 Å². The van der Waals surface area contributed by atoms with E-state index in [1.165, 1.54) is 135 Å². The van der Waals surface area contributed by atoms with Crippen LogP contribution in [0, 0.1) is 0 Å². The number of carbonyl (C=O) groups is 3. The number of unbranched alkanes of at least 4 members (excludes halogenated alkanes) is 18. The van der Waals surface area contributed by atoms with Gasteiger partial charge in [-0.25, -0.2) is 14.4 Å². The Kier molecular flexibility index (Phi) is 34.9. The van der Waals surface area contributed by atoms with Crippen LogP contribution >= 0.6 is 0 Å². The summed E-state index contributed by atoms with van der Waals surface area (Å²) in [4.78, 5) is 42.7. The van der Waals surface area contributed by atoms with E-state index in [0.29, 0.717) is 13.0 Å². The third-order valence-electron chi connectivity index (χ3n) is 7.18. The summed E-state index contributed by atoms with van der Waals surface area (Å²) in [6.07, 6.45) is 29.1. The van der Waals surface area contributed by atoms with Gasteiger partial charge in [0.15, 0.2) is 0 Å². The number of carboxylic acid groups (broad SMARTS) is 2.